The quantitative estimate of drug-likeness (QED) is 0.730. The highest BCUT2D eigenvalue weighted by molar-refractivity contribution is 6.30. The van der Waals surface area contributed by atoms with Crippen LogP contribution in [0.25, 0.3) is 10.8 Å². The second-order valence-electron chi connectivity index (χ2n) is 3.29. The molecule has 14 heavy (non-hydrogen) atoms. The molecule has 0 spiro atoms. The fraction of sp³-hybridized carbons (Fsp3) is 0.182. The predicted molar refractivity (Wildman–Crippen MR) is 57.4 cm³/mol. The topological polar surface area (TPSA) is 33.1 Å². The zero-order valence-electron chi connectivity index (χ0n) is 7.74. The number of aromatic nitrogens is 1. The molecule has 1 heterocycles. The summed E-state index contributed by atoms with van der Waals surface area (Å²) in [5, 5.41) is 11.9. The maximum atomic E-state index is 9.40. The van der Waals surface area contributed by atoms with Crippen LogP contribution in [0.5, 0.6) is 0 Å². The van der Waals surface area contributed by atoms with Gasteiger partial charge in [0.25, 0.3) is 0 Å². The number of hydrogen-bond acceptors (Lipinski definition) is 2. The lowest BCUT2D eigenvalue weighted by molar-refractivity contribution is 0.199. The van der Waals surface area contributed by atoms with Crippen molar-refractivity contribution in [1.29, 1.82) is 0 Å². The Labute approximate surface area is 87.2 Å². The highest BCUT2D eigenvalue weighted by Crippen LogP contribution is 2.21. The predicted octanol–water partition coefficient (Wildman–Crippen LogP) is 2.94. The molecule has 2 aromatic rings. The monoisotopic (exact) mass is 207 g/mol. The third-order valence-corrected chi connectivity index (χ3v) is 2.40. The number of pyridine rings is 1. The summed E-state index contributed by atoms with van der Waals surface area (Å²) in [6.07, 6.45) is 1.27. The van der Waals surface area contributed by atoms with Crippen LogP contribution in [0, 0.1) is 0 Å². The van der Waals surface area contributed by atoms with Crippen LogP contribution in [0.4, 0.5) is 0 Å². The number of hydrogen-bond donors (Lipinski definition) is 1. The zero-order valence-corrected chi connectivity index (χ0v) is 8.49. The summed E-state index contributed by atoms with van der Waals surface area (Å²) < 4.78 is 0. The van der Waals surface area contributed by atoms with Crippen LogP contribution in [0.2, 0.25) is 5.15 Å². The number of aliphatic hydroxyl groups is 1. The molecule has 0 radical (unpaired) electrons. The van der Waals surface area contributed by atoms with E-state index in [-0.39, 0.29) is 0 Å². The van der Waals surface area contributed by atoms with E-state index in [1.807, 2.05) is 18.2 Å². The molecule has 0 bridgehead atoms. The molecule has 1 atom stereocenters. The zero-order chi connectivity index (χ0) is 10.1. The second kappa shape index (κ2) is 3.56. The fourth-order valence-corrected chi connectivity index (χ4v) is 1.56. The largest absolute Gasteiger partial charge is 0.389 e. The average Bonchev–Trinajstić information content (AvgIpc) is 2.16. The Morgan fingerprint density at radius 2 is 2.07 bits per heavy atom. The Morgan fingerprint density at radius 1 is 1.29 bits per heavy atom. The molecular weight excluding hydrogens is 198 g/mol. The van der Waals surface area contributed by atoms with Gasteiger partial charge in [0.1, 0.15) is 5.15 Å². The van der Waals surface area contributed by atoms with E-state index in [2.05, 4.69) is 4.98 Å². The normalized spacial score (nSPS) is 13.1. The molecule has 2 rings (SSSR count). The van der Waals surface area contributed by atoms with E-state index in [1.165, 1.54) is 0 Å². The molecular formula is C11H10ClNO. The first-order valence-corrected chi connectivity index (χ1v) is 4.78. The van der Waals surface area contributed by atoms with Gasteiger partial charge in [-0.1, -0.05) is 23.7 Å². The Kier molecular flexibility index (Phi) is 2.40. The van der Waals surface area contributed by atoms with Gasteiger partial charge >= 0.3 is 0 Å². The van der Waals surface area contributed by atoms with Crippen molar-refractivity contribution < 1.29 is 5.11 Å². The van der Waals surface area contributed by atoms with Crippen molar-refractivity contribution in [1.82, 2.24) is 4.98 Å². The summed E-state index contributed by atoms with van der Waals surface area (Å²) in [6.45, 7) is 1.74. The molecule has 0 aliphatic carbocycles. The smallest absolute Gasteiger partial charge is 0.129 e. The lowest BCUT2D eigenvalue weighted by Crippen LogP contribution is -1.90. The minimum Gasteiger partial charge on any atom is -0.389 e. The van der Waals surface area contributed by atoms with Crippen LogP contribution in [0.3, 0.4) is 0 Å². The summed E-state index contributed by atoms with van der Waals surface area (Å²) in [4.78, 5) is 3.98. The SMILES string of the molecule is CC(O)c1ccc2cnc(Cl)cc2c1. The highest BCUT2D eigenvalue weighted by Gasteiger charge is 2.02. The molecule has 72 valence electrons. The number of rotatable bonds is 1. The summed E-state index contributed by atoms with van der Waals surface area (Å²) in [5.74, 6) is 0. The molecule has 1 unspecified atom stereocenters. The molecule has 1 aromatic heterocycles. The molecule has 0 saturated heterocycles. The molecule has 1 aromatic carbocycles. The van der Waals surface area contributed by atoms with E-state index in [1.54, 1.807) is 19.2 Å². The van der Waals surface area contributed by atoms with Crippen molar-refractivity contribution in [3.05, 3.63) is 41.2 Å². The average molecular weight is 208 g/mol. The van der Waals surface area contributed by atoms with Gasteiger partial charge < -0.3 is 5.11 Å². The van der Waals surface area contributed by atoms with Gasteiger partial charge in [-0.15, -0.1) is 0 Å². The van der Waals surface area contributed by atoms with Gasteiger partial charge in [0.15, 0.2) is 0 Å². The molecule has 0 amide bonds. The van der Waals surface area contributed by atoms with Gasteiger partial charge in [-0.05, 0) is 30.0 Å². The third kappa shape index (κ3) is 1.72. The molecule has 0 saturated carbocycles. The standard InChI is InChI=1S/C11H10ClNO/c1-7(14)8-2-3-9-6-13-11(12)5-10(9)4-8/h2-7,14H,1H3. The van der Waals surface area contributed by atoms with E-state index in [0.717, 1.165) is 16.3 Å². The van der Waals surface area contributed by atoms with Gasteiger partial charge in [0, 0.05) is 11.6 Å². The lowest BCUT2D eigenvalue weighted by Gasteiger charge is -2.05. The Morgan fingerprint density at radius 3 is 2.79 bits per heavy atom. The van der Waals surface area contributed by atoms with Gasteiger partial charge in [-0.25, -0.2) is 4.98 Å². The lowest BCUT2D eigenvalue weighted by atomic mass is 10.1. The molecule has 0 aliphatic rings. The highest BCUT2D eigenvalue weighted by atomic mass is 35.5. The maximum absolute atomic E-state index is 9.40. The van der Waals surface area contributed by atoms with Crippen molar-refractivity contribution >= 4 is 22.4 Å². The minimum absolute atomic E-state index is 0.452. The third-order valence-electron chi connectivity index (χ3n) is 2.19. The molecule has 3 heteroatoms. The number of fused-ring (bicyclic) bond motifs is 1. The number of aliphatic hydroxyl groups excluding tert-OH is 1. The second-order valence-corrected chi connectivity index (χ2v) is 3.68. The van der Waals surface area contributed by atoms with Crippen LogP contribution in [0.1, 0.15) is 18.6 Å². The number of nitrogens with zero attached hydrogens (tertiary/aromatic N) is 1. The fourth-order valence-electron chi connectivity index (χ4n) is 1.39. The van der Waals surface area contributed by atoms with Crippen molar-refractivity contribution in [2.75, 3.05) is 0 Å². The molecule has 1 N–H and O–H groups in total. The molecule has 0 fully saturated rings. The van der Waals surface area contributed by atoms with Crippen molar-refractivity contribution in [3.63, 3.8) is 0 Å². The van der Waals surface area contributed by atoms with Crippen molar-refractivity contribution in [2.24, 2.45) is 0 Å². The summed E-state index contributed by atoms with van der Waals surface area (Å²) in [6, 6.07) is 7.54. The van der Waals surface area contributed by atoms with E-state index < -0.39 is 6.10 Å². The summed E-state index contributed by atoms with van der Waals surface area (Å²) in [7, 11) is 0. The summed E-state index contributed by atoms with van der Waals surface area (Å²) >= 11 is 5.78. The van der Waals surface area contributed by atoms with Crippen molar-refractivity contribution in [2.45, 2.75) is 13.0 Å². The maximum Gasteiger partial charge on any atom is 0.129 e. The van der Waals surface area contributed by atoms with E-state index in [9.17, 15) is 5.11 Å². The van der Waals surface area contributed by atoms with E-state index in [4.69, 9.17) is 11.6 Å². The first kappa shape index (κ1) is 9.44. The van der Waals surface area contributed by atoms with Gasteiger partial charge in [0.05, 0.1) is 6.10 Å². The Balaban J connectivity index is 2.63. The van der Waals surface area contributed by atoms with Crippen molar-refractivity contribution in [3.8, 4) is 0 Å². The van der Waals surface area contributed by atoms with Crippen LogP contribution in [-0.4, -0.2) is 10.1 Å². The van der Waals surface area contributed by atoms with E-state index >= 15 is 0 Å². The van der Waals surface area contributed by atoms with Crippen LogP contribution >= 0.6 is 11.6 Å². The minimum atomic E-state index is -0.452. The number of benzene rings is 1. The number of halogens is 1. The Bertz CT molecular complexity index is 468. The molecule has 2 nitrogen and oxygen atoms in total. The van der Waals surface area contributed by atoms with Crippen LogP contribution < -0.4 is 0 Å². The van der Waals surface area contributed by atoms with Gasteiger partial charge in [0.2, 0.25) is 0 Å². The van der Waals surface area contributed by atoms with Gasteiger partial charge in [-0.2, -0.15) is 0 Å². The first-order chi connectivity index (χ1) is 6.66. The van der Waals surface area contributed by atoms with E-state index in [0.29, 0.717) is 5.15 Å². The van der Waals surface area contributed by atoms with Gasteiger partial charge in [-0.3, -0.25) is 0 Å². The Hall–Kier alpha value is -1.12. The van der Waals surface area contributed by atoms with Crippen LogP contribution in [-0.2, 0) is 0 Å². The molecule has 0 aliphatic heterocycles. The van der Waals surface area contributed by atoms with Crippen LogP contribution in [0.15, 0.2) is 30.5 Å². The first-order valence-electron chi connectivity index (χ1n) is 4.40. The summed E-state index contributed by atoms with van der Waals surface area (Å²) in [5.41, 5.74) is 0.889.